The predicted octanol–water partition coefficient (Wildman–Crippen LogP) is 4.17. The lowest BCUT2D eigenvalue weighted by Crippen LogP contribution is -2.49. The van der Waals surface area contributed by atoms with Crippen molar-refractivity contribution in [2.24, 2.45) is 0 Å². The van der Waals surface area contributed by atoms with E-state index < -0.39 is 0 Å². The molecule has 2 aliphatic heterocycles. The van der Waals surface area contributed by atoms with Crippen LogP contribution in [-0.2, 0) is 11.3 Å². The van der Waals surface area contributed by atoms with E-state index in [0.29, 0.717) is 34.9 Å². The topological polar surface area (TPSA) is 130 Å². The van der Waals surface area contributed by atoms with Gasteiger partial charge in [-0.3, -0.25) is 4.90 Å². The Morgan fingerprint density at radius 2 is 1.86 bits per heavy atom. The van der Waals surface area contributed by atoms with Crippen molar-refractivity contribution in [2.45, 2.75) is 38.5 Å². The van der Waals surface area contributed by atoms with Crippen LogP contribution in [0.15, 0.2) is 55.1 Å². The summed E-state index contributed by atoms with van der Waals surface area (Å²) in [5.74, 6) is 0.907. The molecule has 1 atom stereocenters. The van der Waals surface area contributed by atoms with E-state index >= 15 is 0 Å². The molecule has 2 fully saturated rings. The highest BCUT2D eigenvalue weighted by atomic mass is 35.5. The van der Waals surface area contributed by atoms with E-state index in [2.05, 4.69) is 52.7 Å². The summed E-state index contributed by atoms with van der Waals surface area (Å²) in [6.07, 6.45) is 7.01. The minimum absolute atomic E-state index is 0.258. The number of ether oxygens (including phenoxy) is 2. The van der Waals surface area contributed by atoms with Crippen molar-refractivity contribution < 1.29 is 9.47 Å². The molecule has 13 heteroatoms. The summed E-state index contributed by atoms with van der Waals surface area (Å²) in [7, 11) is 0. The molecule has 0 aliphatic carbocycles. The Hall–Kier alpha value is -4.31. The van der Waals surface area contributed by atoms with Gasteiger partial charge in [-0.05, 0) is 66.1 Å². The molecule has 43 heavy (non-hydrogen) atoms. The Morgan fingerprint density at radius 1 is 1.07 bits per heavy atom. The highest BCUT2D eigenvalue weighted by Crippen LogP contribution is 2.32. The first-order chi connectivity index (χ1) is 21.1. The first-order valence-electron chi connectivity index (χ1n) is 14.4. The standard InChI is InChI=1S/C30H33ClN10O2/c1-21(19-41-20-35-37-38-41)43-29-14-22(2-3-23(29)16-32)24-17-33-30(34-18-24)36-28-5-4-26(15-27(28)31)39-8-6-25(7-9-39)40-10-12-42-13-11-40/h2-5,14-15,17-18,20-21,25H,6-13,19H2,1H3,(H,33,34,36). The zero-order valence-electron chi connectivity index (χ0n) is 23.9. The fourth-order valence-electron chi connectivity index (χ4n) is 5.57. The van der Waals surface area contributed by atoms with E-state index in [9.17, 15) is 5.26 Å². The maximum absolute atomic E-state index is 9.58. The molecule has 2 aromatic carbocycles. The summed E-state index contributed by atoms with van der Waals surface area (Å²) in [5.41, 5.74) is 3.92. The SMILES string of the molecule is CC(Cn1cnnn1)Oc1cc(-c2cnc(Nc3ccc(N4CCC(N5CCOCC5)CC4)cc3Cl)nc2)ccc1C#N. The van der Waals surface area contributed by atoms with E-state index in [-0.39, 0.29) is 6.10 Å². The average molecular weight is 601 g/mol. The zero-order chi connectivity index (χ0) is 29.6. The van der Waals surface area contributed by atoms with Gasteiger partial charge < -0.3 is 19.7 Å². The summed E-state index contributed by atoms with van der Waals surface area (Å²) in [5, 5.41) is 24.6. The number of hydrogen-bond acceptors (Lipinski definition) is 11. The first-order valence-corrected chi connectivity index (χ1v) is 14.8. The lowest BCUT2D eigenvalue weighted by atomic mass is 10.0. The number of nitriles is 1. The average Bonchev–Trinajstić information content (AvgIpc) is 3.56. The van der Waals surface area contributed by atoms with Gasteiger partial charge in [0.25, 0.3) is 0 Å². The van der Waals surface area contributed by atoms with Gasteiger partial charge in [0.2, 0.25) is 5.95 Å². The molecule has 0 bridgehead atoms. The van der Waals surface area contributed by atoms with Crippen LogP contribution in [0.5, 0.6) is 5.75 Å². The Balaban J connectivity index is 1.08. The Morgan fingerprint density at radius 3 is 2.56 bits per heavy atom. The third-order valence-electron chi connectivity index (χ3n) is 7.84. The van der Waals surface area contributed by atoms with Gasteiger partial charge >= 0.3 is 0 Å². The molecule has 1 N–H and O–H groups in total. The molecule has 0 saturated carbocycles. The summed E-state index contributed by atoms with van der Waals surface area (Å²) in [4.78, 5) is 14.0. The number of halogens is 1. The number of piperidine rings is 1. The van der Waals surface area contributed by atoms with Gasteiger partial charge in [0.15, 0.2) is 0 Å². The van der Waals surface area contributed by atoms with E-state index in [1.165, 1.54) is 6.33 Å². The van der Waals surface area contributed by atoms with Crippen LogP contribution in [0.4, 0.5) is 17.3 Å². The van der Waals surface area contributed by atoms with Crippen molar-refractivity contribution in [1.29, 1.82) is 5.26 Å². The van der Waals surface area contributed by atoms with Crippen LogP contribution in [0.3, 0.4) is 0 Å². The second-order valence-electron chi connectivity index (χ2n) is 10.7. The third kappa shape index (κ3) is 7.02. The number of rotatable bonds is 9. The Bertz CT molecular complexity index is 1550. The minimum Gasteiger partial charge on any atom is -0.487 e. The van der Waals surface area contributed by atoms with Crippen LogP contribution in [0.25, 0.3) is 11.1 Å². The van der Waals surface area contributed by atoms with Gasteiger partial charge in [0.1, 0.15) is 24.3 Å². The van der Waals surface area contributed by atoms with Gasteiger partial charge in [0, 0.05) is 55.9 Å². The van der Waals surface area contributed by atoms with Crippen molar-refractivity contribution in [2.75, 3.05) is 49.6 Å². The summed E-state index contributed by atoms with van der Waals surface area (Å²) >= 11 is 6.69. The highest BCUT2D eigenvalue weighted by molar-refractivity contribution is 6.33. The predicted molar refractivity (Wildman–Crippen MR) is 162 cm³/mol. The molecule has 4 heterocycles. The van der Waals surface area contributed by atoms with E-state index in [1.807, 2.05) is 31.2 Å². The van der Waals surface area contributed by atoms with Crippen LogP contribution in [0.1, 0.15) is 25.3 Å². The van der Waals surface area contributed by atoms with Crippen LogP contribution >= 0.6 is 11.6 Å². The van der Waals surface area contributed by atoms with Gasteiger partial charge in [-0.25, -0.2) is 14.6 Å². The normalized spacial score (nSPS) is 16.9. The number of nitrogens with zero attached hydrogens (tertiary/aromatic N) is 9. The number of tetrazole rings is 1. The fraction of sp³-hybridized carbons (Fsp3) is 0.400. The minimum atomic E-state index is -0.258. The summed E-state index contributed by atoms with van der Waals surface area (Å²) < 4.78 is 13.1. The Labute approximate surface area is 255 Å². The molecule has 2 aromatic heterocycles. The lowest BCUT2D eigenvalue weighted by molar-refractivity contribution is 0.0115. The molecule has 0 radical (unpaired) electrons. The van der Waals surface area contributed by atoms with Crippen LogP contribution in [0.2, 0.25) is 5.02 Å². The number of morpholine rings is 1. The molecule has 12 nitrogen and oxygen atoms in total. The molecule has 4 aromatic rings. The van der Waals surface area contributed by atoms with Crippen molar-refractivity contribution in [3.8, 4) is 22.9 Å². The van der Waals surface area contributed by atoms with Crippen LogP contribution in [-0.4, -0.2) is 86.6 Å². The van der Waals surface area contributed by atoms with Crippen molar-refractivity contribution in [1.82, 2.24) is 35.1 Å². The van der Waals surface area contributed by atoms with Gasteiger partial charge in [-0.2, -0.15) is 5.26 Å². The van der Waals surface area contributed by atoms with E-state index in [0.717, 1.165) is 74.7 Å². The largest absolute Gasteiger partial charge is 0.487 e. The maximum Gasteiger partial charge on any atom is 0.227 e. The first kappa shape index (κ1) is 28.8. The van der Waals surface area contributed by atoms with Crippen LogP contribution in [0, 0.1) is 11.3 Å². The van der Waals surface area contributed by atoms with Gasteiger partial charge in [-0.1, -0.05) is 17.7 Å². The molecular formula is C30H33ClN10O2. The molecule has 0 amide bonds. The monoisotopic (exact) mass is 600 g/mol. The number of hydrogen-bond donors (Lipinski definition) is 1. The van der Waals surface area contributed by atoms with Crippen molar-refractivity contribution >= 4 is 28.9 Å². The van der Waals surface area contributed by atoms with Crippen molar-refractivity contribution in [3.63, 3.8) is 0 Å². The van der Waals surface area contributed by atoms with E-state index in [4.69, 9.17) is 21.1 Å². The Kier molecular flexibility index (Phi) is 8.93. The molecule has 2 saturated heterocycles. The van der Waals surface area contributed by atoms with Crippen LogP contribution < -0.4 is 15.0 Å². The van der Waals surface area contributed by atoms with Gasteiger partial charge in [-0.15, -0.1) is 5.10 Å². The quantitative estimate of drug-likeness (QED) is 0.297. The van der Waals surface area contributed by atoms with Gasteiger partial charge in [0.05, 0.1) is 36.0 Å². The fourth-order valence-corrected chi connectivity index (χ4v) is 5.79. The smallest absolute Gasteiger partial charge is 0.227 e. The molecular weight excluding hydrogens is 568 g/mol. The summed E-state index contributed by atoms with van der Waals surface area (Å²) in [6.45, 7) is 8.11. The number of anilines is 3. The third-order valence-corrected chi connectivity index (χ3v) is 8.15. The highest BCUT2D eigenvalue weighted by Gasteiger charge is 2.26. The lowest BCUT2D eigenvalue weighted by Gasteiger charge is -2.40. The molecule has 6 rings (SSSR count). The number of nitrogens with one attached hydrogen (secondary N) is 1. The molecule has 2 aliphatic rings. The summed E-state index contributed by atoms with van der Waals surface area (Å²) in [6, 6.07) is 14.3. The molecule has 1 unspecified atom stereocenters. The van der Waals surface area contributed by atoms with E-state index in [1.54, 1.807) is 23.1 Å². The zero-order valence-corrected chi connectivity index (χ0v) is 24.7. The maximum atomic E-state index is 9.58. The van der Waals surface area contributed by atoms with Crippen molar-refractivity contribution in [3.05, 3.63) is 65.7 Å². The molecule has 0 spiro atoms. The second kappa shape index (κ2) is 13.3. The number of benzene rings is 2. The second-order valence-corrected chi connectivity index (χ2v) is 11.1. The number of aromatic nitrogens is 6. The molecule has 222 valence electrons.